The standard InChI is InChI=1S/C13H11N3O2/c14-7-9-6-12(17)10-5-8(1-2-11(10)16-9)13-15-3-4-18-13/h1-6H,7,14H2,(H,16,17). The number of nitrogens with one attached hydrogen (secondary N) is 1. The first-order chi connectivity index (χ1) is 8.78. The molecule has 2 aromatic heterocycles. The number of nitrogens with two attached hydrogens (primary N) is 1. The zero-order chi connectivity index (χ0) is 12.5. The summed E-state index contributed by atoms with van der Waals surface area (Å²) in [6, 6.07) is 6.96. The normalized spacial score (nSPS) is 10.9. The van der Waals surface area contributed by atoms with Gasteiger partial charge >= 0.3 is 0 Å². The van der Waals surface area contributed by atoms with E-state index in [1.165, 1.54) is 12.3 Å². The fourth-order valence-corrected chi connectivity index (χ4v) is 1.91. The third kappa shape index (κ3) is 1.70. The molecule has 0 radical (unpaired) electrons. The summed E-state index contributed by atoms with van der Waals surface area (Å²) >= 11 is 0. The lowest BCUT2D eigenvalue weighted by Gasteiger charge is -2.03. The summed E-state index contributed by atoms with van der Waals surface area (Å²) in [5.74, 6) is 0.499. The number of rotatable bonds is 2. The van der Waals surface area contributed by atoms with Gasteiger partial charge in [-0.3, -0.25) is 4.79 Å². The van der Waals surface area contributed by atoms with E-state index in [4.69, 9.17) is 10.2 Å². The molecule has 5 heteroatoms. The van der Waals surface area contributed by atoms with Gasteiger partial charge in [-0.05, 0) is 18.2 Å². The van der Waals surface area contributed by atoms with E-state index in [1.807, 2.05) is 12.1 Å². The zero-order valence-electron chi connectivity index (χ0n) is 9.51. The van der Waals surface area contributed by atoms with Crippen molar-refractivity contribution in [2.24, 2.45) is 5.73 Å². The van der Waals surface area contributed by atoms with Gasteiger partial charge in [-0.15, -0.1) is 0 Å². The highest BCUT2D eigenvalue weighted by molar-refractivity contribution is 5.83. The molecule has 0 saturated heterocycles. The number of pyridine rings is 1. The van der Waals surface area contributed by atoms with Crippen LogP contribution in [-0.4, -0.2) is 9.97 Å². The Kier molecular flexibility index (Phi) is 2.46. The lowest BCUT2D eigenvalue weighted by atomic mass is 10.1. The maximum atomic E-state index is 12.0. The van der Waals surface area contributed by atoms with E-state index in [2.05, 4.69) is 9.97 Å². The molecule has 18 heavy (non-hydrogen) atoms. The van der Waals surface area contributed by atoms with Crippen LogP contribution < -0.4 is 11.2 Å². The second-order valence-electron chi connectivity index (χ2n) is 3.96. The van der Waals surface area contributed by atoms with Gasteiger partial charge in [-0.1, -0.05) is 0 Å². The summed E-state index contributed by atoms with van der Waals surface area (Å²) in [5, 5.41) is 0.600. The third-order valence-electron chi connectivity index (χ3n) is 2.78. The number of fused-ring (bicyclic) bond motifs is 1. The van der Waals surface area contributed by atoms with E-state index in [9.17, 15) is 4.79 Å². The van der Waals surface area contributed by atoms with Crippen LogP contribution >= 0.6 is 0 Å². The number of hydrogen-bond donors (Lipinski definition) is 2. The van der Waals surface area contributed by atoms with Gasteiger partial charge in [0.05, 0.1) is 6.20 Å². The fourth-order valence-electron chi connectivity index (χ4n) is 1.91. The van der Waals surface area contributed by atoms with Crippen LogP contribution in [-0.2, 0) is 6.54 Å². The summed E-state index contributed by atoms with van der Waals surface area (Å²) in [4.78, 5) is 19.1. The molecule has 0 bridgehead atoms. The van der Waals surface area contributed by atoms with Gasteiger partial charge in [0.2, 0.25) is 5.89 Å². The molecular weight excluding hydrogens is 230 g/mol. The predicted octanol–water partition coefficient (Wildman–Crippen LogP) is 1.64. The number of nitrogens with zero attached hydrogens (tertiary/aromatic N) is 1. The molecule has 0 aliphatic rings. The molecule has 0 saturated carbocycles. The van der Waals surface area contributed by atoms with E-state index < -0.39 is 0 Å². The van der Waals surface area contributed by atoms with E-state index in [-0.39, 0.29) is 5.43 Å². The Balaban J connectivity index is 2.24. The van der Waals surface area contributed by atoms with E-state index in [0.717, 1.165) is 16.8 Å². The van der Waals surface area contributed by atoms with Gasteiger partial charge < -0.3 is 15.1 Å². The molecule has 2 heterocycles. The van der Waals surface area contributed by atoms with Crippen molar-refractivity contribution < 1.29 is 4.42 Å². The minimum atomic E-state index is -0.0578. The number of aromatic nitrogens is 2. The van der Waals surface area contributed by atoms with Crippen LogP contribution in [0.5, 0.6) is 0 Å². The number of H-pyrrole nitrogens is 1. The van der Waals surface area contributed by atoms with Crippen LogP contribution in [0.25, 0.3) is 22.4 Å². The minimum Gasteiger partial charge on any atom is -0.445 e. The quantitative estimate of drug-likeness (QED) is 0.714. The first-order valence-corrected chi connectivity index (χ1v) is 5.54. The van der Waals surface area contributed by atoms with Gasteiger partial charge in [0, 0.05) is 34.8 Å². The minimum absolute atomic E-state index is 0.0578. The molecule has 0 spiro atoms. The molecule has 3 aromatic rings. The van der Waals surface area contributed by atoms with Crippen molar-refractivity contribution in [2.45, 2.75) is 6.54 Å². The van der Waals surface area contributed by atoms with Crippen LogP contribution in [0.3, 0.4) is 0 Å². The lowest BCUT2D eigenvalue weighted by Crippen LogP contribution is -2.08. The molecular formula is C13H11N3O2. The van der Waals surface area contributed by atoms with Gasteiger partial charge in [-0.25, -0.2) is 4.98 Å². The van der Waals surface area contributed by atoms with Crippen LogP contribution in [0.1, 0.15) is 5.69 Å². The van der Waals surface area contributed by atoms with E-state index in [0.29, 0.717) is 17.8 Å². The van der Waals surface area contributed by atoms with Crippen LogP contribution in [0, 0.1) is 0 Å². The number of oxazole rings is 1. The highest BCUT2D eigenvalue weighted by atomic mass is 16.3. The van der Waals surface area contributed by atoms with Gasteiger partial charge in [0.1, 0.15) is 6.26 Å². The van der Waals surface area contributed by atoms with Crippen molar-refractivity contribution in [1.82, 2.24) is 9.97 Å². The zero-order valence-corrected chi connectivity index (χ0v) is 9.51. The second kappa shape index (κ2) is 4.12. The average molecular weight is 241 g/mol. The SMILES string of the molecule is NCc1cc(=O)c2cc(-c3ncco3)ccc2[nH]1. The van der Waals surface area contributed by atoms with Gasteiger partial charge in [0.15, 0.2) is 5.43 Å². The molecule has 90 valence electrons. The van der Waals surface area contributed by atoms with Crippen molar-refractivity contribution in [3.8, 4) is 11.5 Å². The molecule has 1 aromatic carbocycles. The Labute approximate surface area is 102 Å². The topological polar surface area (TPSA) is 84.9 Å². The number of aromatic amines is 1. The van der Waals surface area contributed by atoms with Gasteiger partial charge in [0.25, 0.3) is 0 Å². The maximum absolute atomic E-state index is 12.0. The number of hydrogen-bond acceptors (Lipinski definition) is 4. The highest BCUT2D eigenvalue weighted by Gasteiger charge is 2.06. The van der Waals surface area contributed by atoms with Crippen molar-refractivity contribution >= 4 is 10.9 Å². The average Bonchev–Trinajstić information content (AvgIpc) is 2.92. The molecule has 5 nitrogen and oxygen atoms in total. The Bertz CT molecular complexity index is 745. The Morgan fingerprint density at radius 3 is 2.94 bits per heavy atom. The summed E-state index contributed by atoms with van der Waals surface area (Å²) in [6.07, 6.45) is 3.07. The van der Waals surface area contributed by atoms with Crippen LogP contribution in [0.4, 0.5) is 0 Å². The second-order valence-corrected chi connectivity index (χ2v) is 3.96. The third-order valence-corrected chi connectivity index (χ3v) is 2.78. The summed E-state index contributed by atoms with van der Waals surface area (Å²) in [6.45, 7) is 0.312. The van der Waals surface area contributed by atoms with E-state index >= 15 is 0 Å². The fraction of sp³-hybridized carbons (Fsp3) is 0.0769. The molecule has 0 fully saturated rings. The van der Waals surface area contributed by atoms with Crippen LogP contribution in [0.2, 0.25) is 0 Å². The predicted molar refractivity (Wildman–Crippen MR) is 68.0 cm³/mol. The molecule has 3 N–H and O–H groups in total. The smallest absolute Gasteiger partial charge is 0.225 e. The monoisotopic (exact) mass is 241 g/mol. The summed E-state index contributed by atoms with van der Waals surface area (Å²) < 4.78 is 5.21. The lowest BCUT2D eigenvalue weighted by molar-refractivity contribution is 0.574. The molecule has 0 aliphatic heterocycles. The Hall–Kier alpha value is -2.40. The molecule has 0 amide bonds. The highest BCUT2D eigenvalue weighted by Crippen LogP contribution is 2.20. The van der Waals surface area contributed by atoms with Crippen molar-refractivity contribution in [2.75, 3.05) is 0 Å². The summed E-state index contributed by atoms with van der Waals surface area (Å²) in [7, 11) is 0. The first-order valence-electron chi connectivity index (χ1n) is 5.54. The molecule has 0 aliphatic carbocycles. The van der Waals surface area contributed by atoms with E-state index in [1.54, 1.807) is 12.3 Å². The van der Waals surface area contributed by atoms with Crippen molar-refractivity contribution in [1.29, 1.82) is 0 Å². The van der Waals surface area contributed by atoms with Crippen LogP contribution in [0.15, 0.2) is 45.9 Å². The first kappa shape index (κ1) is 10.7. The van der Waals surface area contributed by atoms with Crippen molar-refractivity contribution in [3.63, 3.8) is 0 Å². The molecule has 3 rings (SSSR count). The van der Waals surface area contributed by atoms with Crippen molar-refractivity contribution in [3.05, 3.63) is 52.6 Å². The Morgan fingerprint density at radius 2 is 2.22 bits per heavy atom. The molecule has 0 unspecified atom stereocenters. The molecule has 0 atom stereocenters. The maximum Gasteiger partial charge on any atom is 0.225 e. The van der Waals surface area contributed by atoms with Gasteiger partial charge in [-0.2, -0.15) is 0 Å². The largest absolute Gasteiger partial charge is 0.445 e. The Morgan fingerprint density at radius 1 is 1.33 bits per heavy atom. The summed E-state index contributed by atoms with van der Waals surface area (Å²) in [5.41, 5.74) is 7.72. The number of benzene rings is 1.